The van der Waals surface area contributed by atoms with Gasteiger partial charge in [0.1, 0.15) is 17.3 Å². The molecule has 1 aromatic rings. The van der Waals surface area contributed by atoms with Crippen LogP contribution in [0.3, 0.4) is 0 Å². The van der Waals surface area contributed by atoms with Crippen molar-refractivity contribution in [1.29, 1.82) is 0 Å². The van der Waals surface area contributed by atoms with Crippen LogP contribution in [0.2, 0.25) is 5.15 Å². The van der Waals surface area contributed by atoms with Crippen molar-refractivity contribution < 1.29 is 0 Å². The molecule has 1 fully saturated rings. The van der Waals surface area contributed by atoms with Gasteiger partial charge < -0.3 is 10.3 Å². The van der Waals surface area contributed by atoms with Crippen LogP contribution in [0.5, 0.6) is 0 Å². The van der Waals surface area contributed by atoms with Gasteiger partial charge in [0.15, 0.2) is 0 Å². The maximum atomic E-state index is 6.13. The Morgan fingerprint density at radius 2 is 2.00 bits per heavy atom. The molecular weight excluding hydrogens is 250 g/mol. The average molecular weight is 270 g/mol. The van der Waals surface area contributed by atoms with Crippen LogP contribution in [0.25, 0.3) is 0 Å². The van der Waals surface area contributed by atoms with E-state index in [0.717, 1.165) is 50.4 Å². The molecule has 2 heterocycles. The van der Waals surface area contributed by atoms with Crippen molar-refractivity contribution in [2.45, 2.75) is 19.8 Å². The van der Waals surface area contributed by atoms with Crippen molar-refractivity contribution in [3.63, 3.8) is 0 Å². The summed E-state index contributed by atoms with van der Waals surface area (Å²) in [5.41, 5.74) is 4.38. The van der Waals surface area contributed by atoms with Crippen LogP contribution in [0.1, 0.15) is 18.9 Å². The first kappa shape index (κ1) is 13.5. The third-order valence-electron chi connectivity index (χ3n) is 3.16. The van der Waals surface area contributed by atoms with Crippen LogP contribution in [0.15, 0.2) is 6.33 Å². The monoisotopic (exact) mass is 269 g/mol. The number of hydrazine groups is 1. The number of hydrogen-bond donors (Lipinski definition) is 1. The number of rotatable bonds is 4. The first-order valence-corrected chi connectivity index (χ1v) is 6.78. The molecule has 5 nitrogen and oxygen atoms in total. The van der Waals surface area contributed by atoms with Gasteiger partial charge in [-0.1, -0.05) is 24.9 Å². The summed E-state index contributed by atoms with van der Waals surface area (Å²) in [5, 5.41) is 2.75. The molecule has 2 rings (SSSR count). The fourth-order valence-corrected chi connectivity index (χ4v) is 2.25. The smallest absolute Gasteiger partial charge is 0.148 e. The van der Waals surface area contributed by atoms with Gasteiger partial charge in [-0.25, -0.2) is 15.0 Å². The number of aromatic nitrogens is 2. The Balaban J connectivity index is 2.06. The molecule has 0 saturated carbocycles. The van der Waals surface area contributed by atoms with Crippen molar-refractivity contribution in [3.05, 3.63) is 17.0 Å². The molecule has 0 spiro atoms. The van der Waals surface area contributed by atoms with Crippen LogP contribution < -0.4 is 5.43 Å². The fourth-order valence-electron chi connectivity index (χ4n) is 2.03. The number of nitrogens with zero attached hydrogens (tertiary/aromatic N) is 4. The predicted octanol–water partition coefficient (Wildman–Crippen LogP) is 1.66. The van der Waals surface area contributed by atoms with Gasteiger partial charge in [-0.3, -0.25) is 0 Å². The van der Waals surface area contributed by atoms with E-state index < -0.39 is 0 Å². The number of hydrogen-bond acceptors (Lipinski definition) is 5. The lowest BCUT2D eigenvalue weighted by Gasteiger charge is -2.33. The lowest BCUT2D eigenvalue weighted by atomic mass is 10.2. The van der Waals surface area contributed by atoms with Gasteiger partial charge in [-0.15, -0.1) is 0 Å². The van der Waals surface area contributed by atoms with Crippen molar-refractivity contribution in [2.24, 2.45) is 0 Å². The van der Waals surface area contributed by atoms with Crippen molar-refractivity contribution in [3.8, 4) is 0 Å². The number of likely N-dealkylation sites (N-methyl/N-ethyl adjacent to an activating group) is 1. The third kappa shape index (κ3) is 3.31. The van der Waals surface area contributed by atoms with Crippen LogP contribution in [0.4, 0.5) is 5.82 Å². The molecule has 1 aliphatic heterocycles. The van der Waals surface area contributed by atoms with Gasteiger partial charge in [-0.2, -0.15) is 0 Å². The first-order valence-electron chi connectivity index (χ1n) is 6.40. The highest BCUT2D eigenvalue weighted by Gasteiger charge is 2.16. The Morgan fingerprint density at radius 1 is 1.28 bits per heavy atom. The summed E-state index contributed by atoms with van der Waals surface area (Å²) >= 11 is 6.13. The Kier molecular flexibility index (Phi) is 4.74. The lowest BCUT2D eigenvalue weighted by molar-refractivity contribution is 0.178. The summed E-state index contributed by atoms with van der Waals surface area (Å²) in [4.78, 5) is 10.7. The molecule has 6 heteroatoms. The second-order valence-electron chi connectivity index (χ2n) is 4.64. The van der Waals surface area contributed by atoms with E-state index >= 15 is 0 Å². The standard InChI is InChI=1S/C12H20ClN5/c1-3-4-10-11(13)14-9-15-12(10)16-18-7-5-17(2)6-8-18/h9H,3-8H2,1-2H3,(H,14,15,16). The van der Waals surface area contributed by atoms with Gasteiger partial charge in [0.25, 0.3) is 0 Å². The van der Waals surface area contributed by atoms with Crippen molar-refractivity contribution >= 4 is 17.4 Å². The molecule has 1 saturated heterocycles. The van der Waals surface area contributed by atoms with Crippen LogP contribution in [0, 0.1) is 0 Å². The molecule has 0 bridgehead atoms. The molecule has 0 unspecified atom stereocenters. The molecule has 0 atom stereocenters. The number of anilines is 1. The van der Waals surface area contributed by atoms with E-state index in [2.05, 4.69) is 39.3 Å². The van der Waals surface area contributed by atoms with Crippen LogP contribution in [-0.4, -0.2) is 53.1 Å². The van der Waals surface area contributed by atoms with E-state index in [9.17, 15) is 0 Å². The number of nitrogens with one attached hydrogen (secondary N) is 1. The third-order valence-corrected chi connectivity index (χ3v) is 3.49. The molecule has 0 aromatic carbocycles. The summed E-state index contributed by atoms with van der Waals surface area (Å²) in [7, 11) is 2.14. The maximum absolute atomic E-state index is 6.13. The van der Waals surface area contributed by atoms with Gasteiger partial charge >= 0.3 is 0 Å². The summed E-state index contributed by atoms with van der Waals surface area (Å²) in [6, 6.07) is 0. The summed E-state index contributed by atoms with van der Waals surface area (Å²) in [5.74, 6) is 0.849. The molecule has 1 aliphatic rings. The minimum Gasteiger partial charge on any atom is -0.304 e. The Morgan fingerprint density at radius 3 is 2.67 bits per heavy atom. The minimum atomic E-state index is 0.559. The van der Waals surface area contributed by atoms with E-state index in [-0.39, 0.29) is 0 Å². The molecular formula is C12H20ClN5. The van der Waals surface area contributed by atoms with Gasteiger partial charge in [0.05, 0.1) is 0 Å². The predicted molar refractivity (Wildman–Crippen MR) is 73.7 cm³/mol. The van der Waals surface area contributed by atoms with Crippen molar-refractivity contribution in [1.82, 2.24) is 19.9 Å². The molecule has 1 aromatic heterocycles. The quantitative estimate of drug-likeness (QED) is 0.843. The minimum absolute atomic E-state index is 0.559. The average Bonchev–Trinajstić information content (AvgIpc) is 2.36. The fraction of sp³-hybridized carbons (Fsp3) is 0.667. The second kappa shape index (κ2) is 6.31. The molecule has 100 valence electrons. The number of piperazine rings is 1. The van der Waals surface area contributed by atoms with E-state index in [4.69, 9.17) is 11.6 Å². The highest BCUT2D eigenvalue weighted by molar-refractivity contribution is 6.30. The van der Waals surface area contributed by atoms with E-state index in [1.807, 2.05) is 0 Å². The zero-order chi connectivity index (χ0) is 13.0. The van der Waals surface area contributed by atoms with Crippen molar-refractivity contribution in [2.75, 3.05) is 38.7 Å². The maximum Gasteiger partial charge on any atom is 0.148 e. The van der Waals surface area contributed by atoms with Gasteiger partial charge in [0.2, 0.25) is 0 Å². The molecule has 18 heavy (non-hydrogen) atoms. The van der Waals surface area contributed by atoms with Gasteiger partial charge in [0, 0.05) is 31.7 Å². The van der Waals surface area contributed by atoms with E-state index in [0.29, 0.717) is 5.15 Å². The van der Waals surface area contributed by atoms with E-state index in [1.54, 1.807) is 0 Å². The highest BCUT2D eigenvalue weighted by atomic mass is 35.5. The normalized spacial score (nSPS) is 17.9. The summed E-state index contributed by atoms with van der Waals surface area (Å²) in [6.45, 7) is 6.24. The lowest BCUT2D eigenvalue weighted by Crippen LogP contribution is -2.47. The molecule has 0 radical (unpaired) electrons. The Bertz CT molecular complexity index is 390. The largest absolute Gasteiger partial charge is 0.304 e. The van der Waals surface area contributed by atoms with E-state index in [1.165, 1.54) is 6.33 Å². The summed E-state index contributed by atoms with van der Waals surface area (Å²) < 4.78 is 0. The first-order chi connectivity index (χ1) is 8.70. The molecule has 1 N–H and O–H groups in total. The molecule has 0 aliphatic carbocycles. The number of halogens is 1. The Labute approximate surface area is 113 Å². The summed E-state index contributed by atoms with van der Waals surface area (Å²) in [6.07, 6.45) is 3.44. The topological polar surface area (TPSA) is 44.3 Å². The Hall–Kier alpha value is -0.910. The SMILES string of the molecule is CCCc1c(Cl)ncnc1NN1CCN(C)CC1. The zero-order valence-electron chi connectivity index (χ0n) is 11.0. The zero-order valence-corrected chi connectivity index (χ0v) is 11.7. The highest BCUT2D eigenvalue weighted by Crippen LogP contribution is 2.22. The van der Waals surface area contributed by atoms with Crippen LogP contribution >= 0.6 is 11.6 Å². The molecule has 0 amide bonds. The second-order valence-corrected chi connectivity index (χ2v) is 5.00. The van der Waals surface area contributed by atoms with Crippen LogP contribution in [-0.2, 0) is 6.42 Å². The van der Waals surface area contributed by atoms with Gasteiger partial charge in [-0.05, 0) is 13.5 Å².